The smallest absolute Gasteiger partial charge is 0.135 e. The van der Waals surface area contributed by atoms with Gasteiger partial charge in [0.1, 0.15) is 23.8 Å². The van der Waals surface area contributed by atoms with Crippen molar-refractivity contribution in [3.05, 3.63) is 65.2 Å². The zero-order valence-corrected chi connectivity index (χ0v) is 15.2. The summed E-state index contributed by atoms with van der Waals surface area (Å²) in [6.45, 7) is 3.98. The summed E-state index contributed by atoms with van der Waals surface area (Å²) in [5.41, 5.74) is 2.02. The van der Waals surface area contributed by atoms with Crippen molar-refractivity contribution in [3.8, 4) is 10.6 Å². The molecule has 2 aliphatic heterocycles. The summed E-state index contributed by atoms with van der Waals surface area (Å²) < 4.78 is 22.0. The number of fused-ring (bicyclic) bond motifs is 1. The number of imidazole rings is 1. The van der Waals surface area contributed by atoms with Gasteiger partial charge in [-0.3, -0.25) is 4.90 Å². The van der Waals surface area contributed by atoms with Gasteiger partial charge >= 0.3 is 0 Å². The van der Waals surface area contributed by atoms with Crippen LogP contribution in [0.4, 0.5) is 4.39 Å². The van der Waals surface area contributed by atoms with Gasteiger partial charge in [0.2, 0.25) is 0 Å². The Morgan fingerprint density at radius 1 is 1.23 bits per heavy atom. The zero-order valence-electron chi connectivity index (χ0n) is 14.4. The molecule has 4 nitrogen and oxygen atoms in total. The molecular formula is C20H20FN3OS. The summed E-state index contributed by atoms with van der Waals surface area (Å²) in [6, 6.07) is 11.1. The van der Waals surface area contributed by atoms with E-state index < -0.39 is 0 Å². The van der Waals surface area contributed by atoms with E-state index in [1.54, 1.807) is 23.5 Å². The van der Waals surface area contributed by atoms with Crippen molar-refractivity contribution in [1.82, 2.24) is 14.5 Å². The predicted molar refractivity (Wildman–Crippen MR) is 99.4 cm³/mol. The molecule has 4 heterocycles. The lowest BCUT2D eigenvalue weighted by molar-refractivity contribution is -0.0821. The third-order valence-electron chi connectivity index (χ3n) is 5.36. The van der Waals surface area contributed by atoms with Gasteiger partial charge in [-0.05, 0) is 35.6 Å². The molecule has 1 unspecified atom stereocenters. The van der Waals surface area contributed by atoms with Crippen LogP contribution in [0.3, 0.4) is 0 Å². The van der Waals surface area contributed by atoms with Crippen LogP contribution in [0.2, 0.25) is 0 Å². The molecule has 5 rings (SSSR count). The van der Waals surface area contributed by atoms with Gasteiger partial charge in [0, 0.05) is 19.6 Å². The number of ether oxygens (including phenoxy) is 1. The molecule has 2 aromatic heterocycles. The molecule has 6 heteroatoms. The highest BCUT2D eigenvalue weighted by Gasteiger charge is 2.43. The molecule has 1 aromatic carbocycles. The monoisotopic (exact) mass is 369 g/mol. The fourth-order valence-corrected chi connectivity index (χ4v) is 4.83. The molecular weight excluding hydrogens is 349 g/mol. The summed E-state index contributed by atoms with van der Waals surface area (Å²) in [5, 5.41) is 2.10. The van der Waals surface area contributed by atoms with Crippen LogP contribution in [-0.2, 0) is 24.4 Å². The van der Waals surface area contributed by atoms with Crippen molar-refractivity contribution >= 4 is 11.3 Å². The molecule has 1 saturated heterocycles. The zero-order chi connectivity index (χ0) is 17.6. The van der Waals surface area contributed by atoms with Crippen molar-refractivity contribution in [2.24, 2.45) is 0 Å². The van der Waals surface area contributed by atoms with Crippen LogP contribution in [-0.4, -0.2) is 33.1 Å². The number of likely N-dealkylation sites (tertiary alicyclic amines) is 1. The number of nitrogens with zero attached hydrogens (tertiary/aromatic N) is 3. The van der Waals surface area contributed by atoms with Crippen molar-refractivity contribution in [3.63, 3.8) is 0 Å². The van der Waals surface area contributed by atoms with Crippen molar-refractivity contribution in [2.45, 2.75) is 31.7 Å². The van der Waals surface area contributed by atoms with Gasteiger partial charge in [-0.25, -0.2) is 9.37 Å². The van der Waals surface area contributed by atoms with Gasteiger partial charge in [-0.1, -0.05) is 18.2 Å². The number of hydrogen-bond donors (Lipinski definition) is 0. The summed E-state index contributed by atoms with van der Waals surface area (Å²) in [5.74, 6) is 0.830. The number of hydrogen-bond acceptors (Lipinski definition) is 4. The van der Waals surface area contributed by atoms with Gasteiger partial charge in [-0.15, -0.1) is 11.3 Å². The van der Waals surface area contributed by atoms with Crippen molar-refractivity contribution < 1.29 is 9.13 Å². The van der Waals surface area contributed by atoms with E-state index in [-0.39, 0.29) is 11.4 Å². The molecule has 0 amide bonds. The molecule has 0 saturated carbocycles. The van der Waals surface area contributed by atoms with E-state index in [1.807, 2.05) is 12.3 Å². The Labute approximate surface area is 155 Å². The highest BCUT2D eigenvalue weighted by Crippen LogP contribution is 2.36. The molecule has 0 radical (unpaired) electrons. The molecule has 1 fully saturated rings. The number of aromatic nitrogens is 2. The largest absolute Gasteiger partial charge is 0.364 e. The summed E-state index contributed by atoms with van der Waals surface area (Å²) in [4.78, 5) is 8.16. The Morgan fingerprint density at radius 2 is 2.19 bits per heavy atom. The van der Waals surface area contributed by atoms with E-state index in [9.17, 15) is 4.39 Å². The van der Waals surface area contributed by atoms with Crippen molar-refractivity contribution in [2.75, 3.05) is 13.1 Å². The molecule has 2 aliphatic rings. The molecule has 134 valence electrons. The maximum atomic E-state index is 13.4. The number of rotatable bonds is 3. The lowest BCUT2D eigenvalue weighted by atomic mass is 10.0. The van der Waals surface area contributed by atoms with Gasteiger partial charge in [0.15, 0.2) is 0 Å². The second kappa shape index (κ2) is 6.30. The van der Waals surface area contributed by atoms with Crippen LogP contribution in [0, 0.1) is 5.82 Å². The minimum atomic E-state index is -0.174. The maximum Gasteiger partial charge on any atom is 0.135 e. The molecule has 1 spiro atoms. The fourth-order valence-electron chi connectivity index (χ4n) is 4.08. The molecule has 3 aromatic rings. The standard InChI is InChI=1S/C20H20FN3OS/c21-16-4-1-3-15(9-16)11-23-7-6-20(13-23)14-24-17(18-5-2-8-26-18)10-22-19(24)12-25-20/h1-5,8-10H,6-7,11-14H2. The highest BCUT2D eigenvalue weighted by molar-refractivity contribution is 7.13. The Kier molecular flexibility index (Phi) is 3.92. The Bertz CT molecular complexity index is 923. The second-order valence-corrected chi connectivity index (χ2v) is 8.13. The maximum absolute atomic E-state index is 13.4. The third kappa shape index (κ3) is 2.88. The summed E-state index contributed by atoms with van der Waals surface area (Å²) in [7, 11) is 0. The second-order valence-electron chi connectivity index (χ2n) is 7.19. The molecule has 0 N–H and O–H groups in total. The van der Waals surface area contributed by atoms with Crippen LogP contribution in [0.15, 0.2) is 48.0 Å². The predicted octanol–water partition coefficient (Wildman–Crippen LogP) is 3.93. The summed E-state index contributed by atoms with van der Waals surface area (Å²) >= 11 is 1.74. The summed E-state index contributed by atoms with van der Waals surface area (Å²) in [6.07, 6.45) is 2.95. The van der Waals surface area contributed by atoms with E-state index in [4.69, 9.17) is 4.74 Å². The van der Waals surface area contributed by atoms with Crippen LogP contribution >= 0.6 is 11.3 Å². The number of halogens is 1. The normalized spacial score (nSPS) is 22.8. The van der Waals surface area contributed by atoms with Gasteiger partial charge in [0.25, 0.3) is 0 Å². The fraction of sp³-hybridized carbons (Fsp3) is 0.350. The highest BCUT2D eigenvalue weighted by atomic mass is 32.1. The van der Waals surface area contributed by atoms with E-state index in [0.717, 1.165) is 44.0 Å². The Balaban J connectivity index is 1.35. The van der Waals surface area contributed by atoms with E-state index in [0.29, 0.717) is 6.61 Å². The minimum Gasteiger partial charge on any atom is -0.364 e. The number of thiophene rings is 1. The third-order valence-corrected chi connectivity index (χ3v) is 6.25. The molecule has 1 atom stereocenters. The molecule has 26 heavy (non-hydrogen) atoms. The number of benzene rings is 1. The SMILES string of the molecule is Fc1cccc(CN2CCC3(C2)Cn2c(-c4cccs4)cnc2CO3)c1. The first-order chi connectivity index (χ1) is 12.7. The minimum absolute atomic E-state index is 0.172. The van der Waals surface area contributed by atoms with Crippen LogP contribution in [0.5, 0.6) is 0 Å². The van der Waals surface area contributed by atoms with E-state index in [2.05, 4.69) is 32.0 Å². The topological polar surface area (TPSA) is 30.3 Å². The van der Waals surface area contributed by atoms with Gasteiger partial charge in [0.05, 0.1) is 23.3 Å². The lowest BCUT2D eigenvalue weighted by Crippen LogP contribution is -2.44. The van der Waals surface area contributed by atoms with Gasteiger partial charge in [-0.2, -0.15) is 0 Å². The molecule has 0 bridgehead atoms. The first-order valence-corrected chi connectivity index (χ1v) is 9.78. The Morgan fingerprint density at radius 3 is 3.04 bits per heavy atom. The van der Waals surface area contributed by atoms with Crippen molar-refractivity contribution in [1.29, 1.82) is 0 Å². The van der Waals surface area contributed by atoms with Crippen LogP contribution < -0.4 is 0 Å². The van der Waals surface area contributed by atoms with Crippen LogP contribution in [0.25, 0.3) is 10.6 Å². The van der Waals surface area contributed by atoms with Crippen LogP contribution in [0.1, 0.15) is 17.8 Å². The van der Waals surface area contributed by atoms with E-state index in [1.165, 1.54) is 16.6 Å². The average molecular weight is 369 g/mol. The first kappa shape index (κ1) is 16.2. The first-order valence-electron chi connectivity index (χ1n) is 8.90. The average Bonchev–Trinajstić information content (AvgIpc) is 3.35. The van der Waals surface area contributed by atoms with E-state index >= 15 is 0 Å². The quantitative estimate of drug-likeness (QED) is 0.701. The lowest BCUT2D eigenvalue weighted by Gasteiger charge is -2.35. The Hall–Kier alpha value is -2.02. The molecule has 0 aliphatic carbocycles. The van der Waals surface area contributed by atoms with Gasteiger partial charge < -0.3 is 9.30 Å².